The number of rotatable bonds is 11. The Morgan fingerprint density at radius 3 is 2.40 bits per heavy atom. The number of para-hydroxylation sites is 1. The van der Waals surface area contributed by atoms with Gasteiger partial charge in [0.2, 0.25) is 27.7 Å². The average molecular weight is 704 g/mol. The number of aromatic nitrogens is 1. The zero-order valence-electron chi connectivity index (χ0n) is 28.1. The van der Waals surface area contributed by atoms with E-state index in [1.165, 1.54) is 11.0 Å². The van der Waals surface area contributed by atoms with Crippen LogP contribution in [0.1, 0.15) is 46.5 Å². The molecule has 4 amide bonds. The topological polar surface area (TPSA) is 173 Å². The number of amides is 4. The highest BCUT2D eigenvalue weighted by atomic mass is 32.2. The van der Waals surface area contributed by atoms with Gasteiger partial charge in [-0.25, -0.2) is 18.2 Å². The minimum absolute atomic E-state index is 0.0324. The number of ether oxygens (including phenoxy) is 2. The van der Waals surface area contributed by atoms with E-state index in [0.717, 1.165) is 10.8 Å². The highest BCUT2D eigenvalue weighted by molar-refractivity contribution is 7.91. The molecule has 2 heterocycles. The maximum absolute atomic E-state index is 14.4. The molecule has 2 aromatic carbocycles. The Bertz CT molecular complexity index is 1920. The first-order valence-corrected chi connectivity index (χ1v) is 18.1. The van der Waals surface area contributed by atoms with Crippen LogP contribution in [0, 0.1) is 11.3 Å². The third-order valence-corrected chi connectivity index (χ3v) is 11.2. The van der Waals surface area contributed by atoms with Gasteiger partial charge in [-0.2, -0.15) is 0 Å². The van der Waals surface area contributed by atoms with Gasteiger partial charge in [0, 0.05) is 23.9 Å². The summed E-state index contributed by atoms with van der Waals surface area (Å²) in [6.45, 7) is 9.04. The van der Waals surface area contributed by atoms with E-state index >= 15 is 0 Å². The van der Waals surface area contributed by atoms with Crippen molar-refractivity contribution < 1.29 is 37.1 Å². The summed E-state index contributed by atoms with van der Waals surface area (Å²) < 4.78 is 39.2. The van der Waals surface area contributed by atoms with Crippen molar-refractivity contribution in [3.63, 3.8) is 0 Å². The number of benzene rings is 2. The van der Waals surface area contributed by atoms with Crippen molar-refractivity contribution in [3.8, 4) is 11.6 Å². The van der Waals surface area contributed by atoms with Gasteiger partial charge in [0.25, 0.3) is 5.91 Å². The average Bonchev–Trinajstić information content (AvgIpc) is 4.00. The lowest BCUT2D eigenvalue weighted by atomic mass is 9.85. The summed E-state index contributed by atoms with van der Waals surface area (Å²) in [4.78, 5) is 60.8. The van der Waals surface area contributed by atoms with Gasteiger partial charge in [-0.15, -0.1) is 6.58 Å². The van der Waals surface area contributed by atoms with Crippen LogP contribution in [0.3, 0.4) is 0 Å². The van der Waals surface area contributed by atoms with Gasteiger partial charge >= 0.3 is 6.09 Å². The Morgan fingerprint density at radius 1 is 1.04 bits per heavy atom. The second kappa shape index (κ2) is 13.4. The first-order chi connectivity index (χ1) is 23.7. The lowest BCUT2D eigenvalue weighted by Crippen LogP contribution is -2.60. The molecule has 0 bridgehead atoms. The standard InChI is InChI=1S/C36H41N5O8S/c1-5-23-20-36(23,33(44)40-50(46,47)26-15-16-26)39-30(42)28-19-25(48-31-27-14-10-9-11-22(27)17-18-37-31)21-41(28)32(43)29(35(2,3)4)38-34(45)49-24-12-7-6-8-13-24/h5-14,17-18,23,25-26,28-29H,1,15-16,19-21H2,2-4H3,(H,38,45)(H,39,42)(H,40,44)/t23-,25-,28+,29?,36-/m1/s1. The zero-order chi connectivity index (χ0) is 35.8. The second-order valence-electron chi connectivity index (χ2n) is 14.1. The molecule has 0 spiro atoms. The van der Waals surface area contributed by atoms with E-state index in [0.29, 0.717) is 18.7 Å². The molecule has 1 aromatic heterocycles. The zero-order valence-corrected chi connectivity index (χ0v) is 28.9. The lowest BCUT2D eigenvalue weighted by molar-refractivity contribution is -0.142. The molecule has 1 aliphatic heterocycles. The van der Waals surface area contributed by atoms with Crippen LogP contribution in [0.4, 0.5) is 4.79 Å². The highest BCUT2D eigenvalue weighted by Crippen LogP contribution is 2.45. The Morgan fingerprint density at radius 2 is 1.74 bits per heavy atom. The SMILES string of the molecule is C=C[C@@H]1C[C@]1(NC(=O)[C@@H]1C[C@@H](Oc2nccc3ccccc23)CN1C(=O)C(NC(=O)Oc1ccccc1)C(C)(C)C)C(=O)NS(=O)(=O)C1CC1. The molecule has 2 aliphatic carbocycles. The minimum atomic E-state index is -3.89. The minimum Gasteiger partial charge on any atom is -0.472 e. The Balaban J connectivity index is 1.27. The lowest BCUT2D eigenvalue weighted by Gasteiger charge is -2.35. The van der Waals surface area contributed by atoms with Crippen molar-refractivity contribution in [1.82, 2.24) is 25.2 Å². The van der Waals surface area contributed by atoms with Crippen LogP contribution in [0.25, 0.3) is 10.8 Å². The van der Waals surface area contributed by atoms with Crippen molar-refractivity contribution in [2.75, 3.05) is 6.54 Å². The van der Waals surface area contributed by atoms with Gasteiger partial charge in [-0.1, -0.05) is 63.2 Å². The summed E-state index contributed by atoms with van der Waals surface area (Å²) in [5, 5.41) is 6.47. The smallest absolute Gasteiger partial charge is 0.413 e. The van der Waals surface area contributed by atoms with E-state index in [1.807, 2.05) is 30.3 Å². The molecule has 3 aliphatic rings. The van der Waals surface area contributed by atoms with Gasteiger partial charge in [0.05, 0.1) is 11.8 Å². The van der Waals surface area contributed by atoms with Crippen molar-refractivity contribution >= 4 is 44.6 Å². The number of nitrogens with zero attached hydrogens (tertiary/aromatic N) is 2. The Hall–Kier alpha value is -4.98. The maximum Gasteiger partial charge on any atom is 0.413 e. The van der Waals surface area contributed by atoms with Crippen LogP contribution in [0.15, 0.2) is 79.5 Å². The first-order valence-electron chi connectivity index (χ1n) is 16.6. The molecular formula is C36H41N5O8S. The number of carbonyl (C=O) groups is 4. The molecule has 1 unspecified atom stereocenters. The summed E-state index contributed by atoms with van der Waals surface area (Å²) in [5.41, 5.74) is -2.38. The van der Waals surface area contributed by atoms with Crippen molar-refractivity contribution in [2.45, 2.75) is 75.4 Å². The molecule has 264 valence electrons. The predicted molar refractivity (Wildman–Crippen MR) is 184 cm³/mol. The molecule has 14 heteroatoms. The molecule has 3 N–H and O–H groups in total. The first kappa shape index (κ1) is 34.9. The van der Waals surface area contributed by atoms with Crippen LogP contribution in [0.2, 0.25) is 0 Å². The third kappa shape index (κ3) is 7.30. The highest BCUT2D eigenvalue weighted by Gasteiger charge is 2.62. The van der Waals surface area contributed by atoms with Crippen molar-refractivity contribution in [1.29, 1.82) is 0 Å². The summed E-state index contributed by atoms with van der Waals surface area (Å²) in [5.74, 6) is -1.98. The van der Waals surface area contributed by atoms with E-state index in [2.05, 4.69) is 26.9 Å². The van der Waals surface area contributed by atoms with Crippen LogP contribution < -0.4 is 24.8 Å². The summed E-state index contributed by atoms with van der Waals surface area (Å²) in [7, 11) is -3.89. The summed E-state index contributed by atoms with van der Waals surface area (Å²) in [6, 6.07) is 15.5. The molecule has 3 fully saturated rings. The third-order valence-electron chi connectivity index (χ3n) is 9.34. The van der Waals surface area contributed by atoms with Gasteiger partial charge in [0.1, 0.15) is 29.5 Å². The van der Waals surface area contributed by atoms with Gasteiger partial charge in [-0.3, -0.25) is 19.1 Å². The number of fused-ring (bicyclic) bond motifs is 1. The van der Waals surface area contributed by atoms with Crippen LogP contribution >= 0.6 is 0 Å². The number of sulfonamides is 1. The van der Waals surface area contributed by atoms with E-state index in [4.69, 9.17) is 9.47 Å². The van der Waals surface area contributed by atoms with E-state index < -0.39 is 74.1 Å². The van der Waals surface area contributed by atoms with Crippen LogP contribution in [-0.2, 0) is 24.4 Å². The molecule has 13 nitrogen and oxygen atoms in total. The fraction of sp³-hybridized carbons (Fsp3) is 0.417. The number of hydrogen-bond acceptors (Lipinski definition) is 9. The molecule has 3 aromatic rings. The van der Waals surface area contributed by atoms with E-state index in [9.17, 15) is 27.6 Å². The number of hydrogen-bond donors (Lipinski definition) is 3. The van der Waals surface area contributed by atoms with Crippen LogP contribution in [0.5, 0.6) is 11.6 Å². The molecule has 5 atom stereocenters. The number of pyridine rings is 1. The summed E-state index contributed by atoms with van der Waals surface area (Å²) >= 11 is 0. The number of likely N-dealkylation sites (tertiary alicyclic amines) is 1. The molecule has 6 rings (SSSR count). The van der Waals surface area contributed by atoms with Gasteiger partial charge < -0.3 is 25.0 Å². The quantitative estimate of drug-likeness (QED) is 0.253. The molecule has 1 saturated heterocycles. The summed E-state index contributed by atoms with van der Waals surface area (Å²) in [6.07, 6.45) is 2.66. The monoisotopic (exact) mass is 703 g/mol. The molecule has 50 heavy (non-hydrogen) atoms. The maximum atomic E-state index is 14.4. The van der Waals surface area contributed by atoms with Crippen molar-refractivity contribution in [2.24, 2.45) is 11.3 Å². The Kier molecular flexibility index (Phi) is 9.33. The Labute approximate surface area is 290 Å². The normalized spacial score (nSPS) is 23.7. The molecular weight excluding hydrogens is 662 g/mol. The van der Waals surface area contributed by atoms with Crippen LogP contribution in [-0.4, -0.2) is 77.6 Å². The van der Waals surface area contributed by atoms with E-state index in [-0.39, 0.29) is 25.1 Å². The molecule has 0 radical (unpaired) electrons. The van der Waals surface area contributed by atoms with Gasteiger partial charge in [-0.05, 0) is 54.3 Å². The van der Waals surface area contributed by atoms with Crippen molar-refractivity contribution in [3.05, 3.63) is 79.5 Å². The van der Waals surface area contributed by atoms with Gasteiger partial charge in [0.15, 0.2) is 0 Å². The largest absolute Gasteiger partial charge is 0.472 e. The second-order valence-corrected chi connectivity index (χ2v) is 16.1. The fourth-order valence-corrected chi connectivity index (χ4v) is 7.66. The number of carbonyl (C=O) groups excluding carboxylic acids is 4. The molecule has 2 saturated carbocycles. The predicted octanol–water partition coefficient (Wildman–Crippen LogP) is 3.46. The fourth-order valence-electron chi connectivity index (χ4n) is 6.30. The van der Waals surface area contributed by atoms with E-state index in [1.54, 1.807) is 57.3 Å². The number of nitrogens with one attached hydrogen (secondary N) is 3.